The summed E-state index contributed by atoms with van der Waals surface area (Å²) in [7, 11) is 0. The molecule has 1 N–H and O–H groups in total. The van der Waals surface area contributed by atoms with Gasteiger partial charge in [0.1, 0.15) is 16.8 Å². The van der Waals surface area contributed by atoms with Gasteiger partial charge in [0.15, 0.2) is 0 Å². The third-order valence-electron chi connectivity index (χ3n) is 2.73. The Hall–Kier alpha value is -0.880. The zero-order chi connectivity index (χ0) is 14.0. The third kappa shape index (κ3) is 3.57. The van der Waals surface area contributed by atoms with Gasteiger partial charge in [0, 0.05) is 20.7 Å². The van der Waals surface area contributed by atoms with Crippen LogP contribution in [0.5, 0.6) is 0 Å². The fourth-order valence-corrected chi connectivity index (χ4v) is 2.09. The first kappa shape index (κ1) is 14.5. The van der Waals surface area contributed by atoms with Crippen molar-refractivity contribution < 1.29 is 0 Å². The van der Waals surface area contributed by atoms with Crippen LogP contribution in [-0.2, 0) is 0 Å². The minimum atomic E-state index is 0.246. The first-order valence-electron chi connectivity index (χ1n) is 6.04. The monoisotopic (exact) mass is 387 g/mol. The lowest BCUT2D eigenvalue weighted by Crippen LogP contribution is -2.05. The molecule has 19 heavy (non-hydrogen) atoms. The van der Waals surface area contributed by atoms with Gasteiger partial charge >= 0.3 is 0 Å². The zero-order valence-corrected chi connectivity index (χ0v) is 14.0. The number of aromatic nitrogens is 2. The van der Waals surface area contributed by atoms with Gasteiger partial charge in [-0.05, 0) is 53.8 Å². The van der Waals surface area contributed by atoms with Gasteiger partial charge in [-0.3, -0.25) is 0 Å². The van der Waals surface area contributed by atoms with E-state index < -0.39 is 0 Å². The van der Waals surface area contributed by atoms with Gasteiger partial charge in [0.05, 0.1) is 0 Å². The summed E-state index contributed by atoms with van der Waals surface area (Å²) < 4.78 is 1.20. The Morgan fingerprint density at radius 1 is 1.16 bits per heavy atom. The number of nitrogens with zero attached hydrogens (tertiary/aromatic N) is 2. The molecule has 0 saturated heterocycles. The van der Waals surface area contributed by atoms with Gasteiger partial charge in [0.25, 0.3) is 0 Å². The second-order valence-corrected chi connectivity index (χ2v) is 6.24. The lowest BCUT2D eigenvalue weighted by Gasteiger charge is -2.13. The summed E-state index contributed by atoms with van der Waals surface area (Å²) in [6, 6.07) is 8.13. The van der Waals surface area contributed by atoms with Crippen LogP contribution >= 0.6 is 34.2 Å². The number of halogens is 2. The maximum Gasteiger partial charge on any atom is 0.138 e. The Morgan fingerprint density at radius 3 is 2.37 bits per heavy atom. The van der Waals surface area contributed by atoms with Crippen molar-refractivity contribution >= 4 is 45.7 Å². The van der Waals surface area contributed by atoms with Crippen LogP contribution in [-0.4, -0.2) is 9.97 Å². The topological polar surface area (TPSA) is 37.8 Å². The first-order valence-corrected chi connectivity index (χ1v) is 7.49. The molecule has 0 saturated carbocycles. The number of benzene rings is 1. The molecule has 1 aromatic carbocycles. The van der Waals surface area contributed by atoms with E-state index in [1.807, 2.05) is 31.2 Å². The summed E-state index contributed by atoms with van der Waals surface area (Å²) in [5.41, 5.74) is 1.86. The van der Waals surface area contributed by atoms with Crippen LogP contribution in [0.4, 0.5) is 11.5 Å². The molecule has 1 heterocycles. The zero-order valence-electron chi connectivity index (χ0n) is 11.0. The van der Waals surface area contributed by atoms with Gasteiger partial charge < -0.3 is 5.32 Å². The van der Waals surface area contributed by atoms with Crippen molar-refractivity contribution in [2.75, 3.05) is 5.32 Å². The normalized spacial score (nSPS) is 10.8. The number of rotatable bonds is 3. The molecule has 0 radical (unpaired) electrons. The van der Waals surface area contributed by atoms with Gasteiger partial charge in [0.2, 0.25) is 0 Å². The molecule has 0 unspecified atom stereocenters. The molecule has 2 rings (SSSR count). The molecule has 2 aromatic rings. The number of anilines is 2. The third-order valence-corrected chi connectivity index (χ3v) is 3.81. The largest absolute Gasteiger partial charge is 0.340 e. The van der Waals surface area contributed by atoms with Crippen molar-refractivity contribution in [2.24, 2.45) is 0 Å². The van der Waals surface area contributed by atoms with Crippen molar-refractivity contribution in [3.8, 4) is 0 Å². The van der Waals surface area contributed by atoms with Crippen LogP contribution in [0.1, 0.15) is 31.2 Å². The highest BCUT2D eigenvalue weighted by Crippen LogP contribution is 2.25. The van der Waals surface area contributed by atoms with E-state index in [4.69, 9.17) is 11.6 Å². The van der Waals surface area contributed by atoms with E-state index in [1.54, 1.807) is 0 Å². The van der Waals surface area contributed by atoms with Crippen LogP contribution in [0.2, 0.25) is 5.15 Å². The van der Waals surface area contributed by atoms with Crippen LogP contribution in [0.15, 0.2) is 24.3 Å². The van der Waals surface area contributed by atoms with Crippen LogP contribution in [0.25, 0.3) is 0 Å². The summed E-state index contributed by atoms with van der Waals surface area (Å²) >= 11 is 8.44. The van der Waals surface area contributed by atoms with Gasteiger partial charge in [-0.15, -0.1) is 0 Å². The highest BCUT2D eigenvalue weighted by atomic mass is 127. The van der Waals surface area contributed by atoms with Crippen molar-refractivity contribution in [1.29, 1.82) is 0 Å². The molecule has 1 aromatic heterocycles. The molecule has 0 aliphatic carbocycles. The average molecular weight is 388 g/mol. The fourth-order valence-electron chi connectivity index (χ4n) is 1.56. The smallest absolute Gasteiger partial charge is 0.138 e. The van der Waals surface area contributed by atoms with E-state index in [1.165, 1.54) is 3.57 Å². The Morgan fingerprint density at radius 2 is 1.79 bits per heavy atom. The molecule has 5 heteroatoms. The standard InChI is InChI=1S/C14H15ClIN3/c1-8(2)13-18-12(15)9(3)14(19-13)17-11-6-4-10(16)5-7-11/h4-8H,1-3H3,(H,17,18,19). The van der Waals surface area contributed by atoms with Crippen LogP contribution < -0.4 is 5.32 Å². The van der Waals surface area contributed by atoms with E-state index in [9.17, 15) is 0 Å². The van der Waals surface area contributed by atoms with Gasteiger partial charge in [-0.1, -0.05) is 25.4 Å². The van der Waals surface area contributed by atoms with Crippen molar-refractivity contribution in [1.82, 2.24) is 9.97 Å². The van der Waals surface area contributed by atoms with Crippen LogP contribution in [0.3, 0.4) is 0 Å². The first-order chi connectivity index (χ1) is 8.97. The van der Waals surface area contributed by atoms with Crippen LogP contribution in [0, 0.1) is 10.5 Å². The Labute approximate surface area is 132 Å². The second kappa shape index (κ2) is 6.05. The molecule has 0 aliphatic rings. The van der Waals surface area contributed by atoms with E-state index in [2.05, 4.69) is 51.7 Å². The SMILES string of the molecule is Cc1c(Cl)nc(C(C)C)nc1Nc1ccc(I)cc1. The molecule has 3 nitrogen and oxygen atoms in total. The molecular formula is C14H15ClIN3. The Bertz CT molecular complexity index is 582. The minimum Gasteiger partial charge on any atom is -0.340 e. The molecule has 0 bridgehead atoms. The lowest BCUT2D eigenvalue weighted by atomic mass is 10.2. The molecule has 0 aliphatic heterocycles. The lowest BCUT2D eigenvalue weighted by molar-refractivity contribution is 0.773. The molecule has 0 fully saturated rings. The summed E-state index contributed by atoms with van der Waals surface area (Å²) in [6.07, 6.45) is 0. The quantitative estimate of drug-likeness (QED) is 0.600. The Balaban J connectivity index is 2.36. The second-order valence-electron chi connectivity index (χ2n) is 4.63. The predicted octanol–water partition coefficient (Wildman–Crippen LogP) is 4.91. The minimum absolute atomic E-state index is 0.246. The Kier molecular flexibility index (Phi) is 4.62. The summed E-state index contributed by atoms with van der Waals surface area (Å²) in [6.45, 7) is 6.02. The highest BCUT2D eigenvalue weighted by molar-refractivity contribution is 14.1. The maximum absolute atomic E-state index is 6.16. The van der Waals surface area contributed by atoms with Crippen molar-refractivity contribution in [3.63, 3.8) is 0 Å². The van der Waals surface area contributed by atoms with Crippen molar-refractivity contribution in [3.05, 3.63) is 44.4 Å². The predicted molar refractivity (Wildman–Crippen MR) is 88.3 cm³/mol. The van der Waals surface area contributed by atoms with E-state index in [0.29, 0.717) is 5.15 Å². The molecule has 0 spiro atoms. The summed E-state index contributed by atoms with van der Waals surface area (Å²) in [5, 5.41) is 3.80. The van der Waals surface area contributed by atoms with E-state index >= 15 is 0 Å². The molecular weight excluding hydrogens is 373 g/mol. The maximum atomic E-state index is 6.16. The molecule has 0 amide bonds. The fraction of sp³-hybridized carbons (Fsp3) is 0.286. The highest BCUT2D eigenvalue weighted by Gasteiger charge is 2.11. The average Bonchev–Trinajstić information content (AvgIpc) is 2.37. The molecule has 0 atom stereocenters. The number of hydrogen-bond donors (Lipinski definition) is 1. The van der Waals surface area contributed by atoms with E-state index in [0.717, 1.165) is 22.9 Å². The van der Waals surface area contributed by atoms with Crippen molar-refractivity contribution in [2.45, 2.75) is 26.7 Å². The number of hydrogen-bond acceptors (Lipinski definition) is 3. The number of nitrogens with one attached hydrogen (secondary N) is 1. The van der Waals surface area contributed by atoms with Gasteiger partial charge in [-0.2, -0.15) is 0 Å². The van der Waals surface area contributed by atoms with Gasteiger partial charge in [-0.25, -0.2) is 9.97 Å². The summed E-state index contributed by atoms with van der Waals surface area (Å²) in [4.78, 5) is 8.84. The van der Waals surface area contributed by atoms with E-state index in [-0.39, 0.29) is 5.92 Å². The summed E-state index contributed by atoms with van der Waals surface area (Å²) in [5.74, 6) is 1.77. The molecule has 100 valence electrons.